The number of hydrogen-bond donors (Lipinski definition) is 2. The SMILES string of the molecule is Cn1cc(CNC(=O)c2sc3ccccc3c2N)cn1. The number of benzene rings is 1. The molecule has 1 amide bonds. The van der Waals surface area contributed by atoms with Crippen molar-refractivity contribution in [1.82, 2.24) is 15.1 Å². The Bertz CT molecular complexity index is 774. The van der Waals surface area contributed by atoms with E-state index in [1.807, 2.05) is 37.5 Å². The number of aryl methyl sites for hydroxylation is 1. The number of nitrogens with zero attached hydrogens (tertiary/aromatic N) is 2. The third-order valence-electron chi connectivity index (χ3n) is 3.05. The third kappa shape index (κ3) is 2.25. The summed E-state index contributed by atoms with van der Waals surface area (Å²) in [5, 5.41) is 7.87. The minimum atomic E-state index is -0.146. The number of nitrogens with one attached hydrogen (secondary N) is 1. The molecule has 3 N–H and O–H groups in total. The molecule has 0 unspecified atom stereocenters. The van der Waals surface area contributed by atoms with E-state index in [4.69, 9.17) is 5.73 Å². The summed E-state index contributed by atoms with van der Waals surface area (Å²) in [6.45, 7) is 0.445. The molecule has 1 aromatic carbocycles. The monoisotopic (exact) mass is 286 g/mol. The fourth-order valence-electron chi connectivity index (χ4n) is 2.06. The van der Waals surface area contributed by atoms with E-state index >= 15 is 0 Å². The smallest absolute Gasteiger partial charge is 0.263 e. The number of nitrogens with two attached hydrogens (primary N) is 1. The molecule has 0 aliphatic rings. The predicted octanol–water partition coefficient (Wildman–Crippen LogP) is 2.15. The average Bonchev–Trinajstić information content (AvgIpc) is 3.01. The van der Waals surface area contributed by atoms with Crippen molar-refractivity contribution in [2.24, 2.45) is 7.05 Å². The highest BCUT2D eigenvalue weighted by atomic mass is 32.1. The van der Waals surface area contributed by atoms with Gasteiger partial charge in [0.15, 0.2) is 0 Å². The summed E-state index contributed by atoms with van der Waals surface area (Å²) in [7, 11) is 1.84. The Balaban J connectivity index is 1.80. The number of thiophene rings is 1. The van der Waals surface area contributed by atoms with Crippen molar-refractivity contribution in [3.63, 3.8) is 0 Å². The fraction of sp³-hybridized carbons (Fsp3) is 0.143. The molecule has 5 nitrogen and oxygen atoms in total. The molecule has 20 heavy (non-hydrogen) atoms. The van der Waals surface area contributed by atoms with Crippen LogP contribution in [-0.4, -0.2) is 15.7 Å². The Kier molecular flexibility index (Phi) is 3.15. The first kappa shape index (κ1) is 12.7. The van der Waals surface area contributed by atoms with Crippen LogP contribution in [0.2, 0.25) is 0 Å². The largest absolute Gasteiger partial charge is 0.397 e. The lowest BCUT2D eigenvalue weighted by molar-refractivity contribution is 0.0956. The summed E-state index contributed by atoms with van der Waals surface area (Å²) < 4.78 is 2.73. The number of hydrogen-bond acceptors (Lipinski definition) is 4. The Morgan fingerprint density at radius 1 is 1.45 bits per heavy atom. The van der Waals surface area contributed by atoms with Gasteiger partial charge in [-0.15, -0.1) is 11.3 Å². The zero-order chi connectivity index (χ0) is 14.1. The third-order valence-corrected chi connectivity index (χ3v) is 4.24. The molecular weight excluding hydrogens is 272 g/mol. The Labute approximate surface area is 120 Å². The highest BCUT2D eigenvalue weighted by Gasteiger charge is 2.15. The quantitative estimate of drug-likeness (QED) is 0.775. The lowest BCUT2D eigenvalue weighted by Crippen LogP contribution is -2.22. The Morgan fingerprint density at radius 2 is 2.25 bits per heavy atom. The van der Waals surface area contributed by atoms with Gasteiger partial charge in [-0.2, -0.15) is 5.10 Å². The van der Waals surface area contributed by atoms with Crippen molar-refractivity contribution in [2.75, 3.05) is 5.73 Å². The lowest BCUT2D eigenvalue weighted by atomic mass is 10.2. The maximum absolute atomic E-state index is 12.2. The molecule has 0 saturated carbocycles. The molecule has 0 fully saturated rings. The molecule has 0 aliphatic carbocycles. The van der Waals surface area contributed by atoms with E-state index < -0.39 is 0 Å². The molecule has 0 radical (unpaired) electrons. The summed E-state index contributed by atoms with van der Waals surface area (Å²) >= 11 is 1.41. The number of carbonyl (C=O) groups excluding carboxylic acids is 1. The van der Waals surface area contributed by atoms with E-state index in [1.165, 1.54) is 11.3 Å². The summed E-state index contributed by atoms with van der Waals surface area (Å²) in [5.74, 6) is -0.146. The van der Waals surface area contributed by atoms with Gasteiger partial charge in [-0.1, -0.05) is 18.2 Å². The van der Waals surface area contributed by atoms with Gasteiger partial charge in [-0.3, -0.25) is 9.48 Å². The van der Waals surface area contributed by atoms with Gasteiger partial charge in [-0.25, -0.2) is 0 Å². The van der Waals surface area contributed by atoms with Gasteiger partial charge >= 0.3 is 0 Å². The maximum Gasteiger partial charge on any atom is 0.263 e. The number of carbonyl (C=O) groups is 1. The molecule has 3 aromatic rings. The van der Waals surface area contributed by atoms with Gasteiger partial charge < -0.3 is 11.1 Å². The second kappa shape index (κ2) is 4.97. The first-order chi connectivity index (χ1) is 9.65. The van der Waals surface area contributed by atoms with Crippen LogP contribution in [0.1, 0.15) is 15.2 Å². The molecule has 2 heterocycles. The zero-order valence-electron chi connectivity index (χ0n) is 11.0. The van der Waals surface area contributed by atoms with Gasteiger partial charge in [0.1, 0.15) is 4.88 Å². The maximum atomic E-state index is 12.2. The molecule has 102 valence electrons. The van der Waals surface area contributed by atoms with Crippen LogP contribution in [0.15, 0.2) is 36.7 Å². The lowest BCUT2D eigenvalue weighted by Gasteiger charge is -2.02. The molecule has 0 bridgehead atoms. The normalized spacial score (nSPS) is 10.8. The molecule has 2 aromatic heterocycles. The molecule has 6 heteroatoms. The molecular formula is C14H14N4OS. The van der Waals surface area contributed by atoms with E-state index in [1.54, 1.807) is 10.9 Å². The van der Waals surface area contributed by atoms with Crippen LogP contribution in [-0.2, 0) is 13.6 Å². The van der Waals surface area contributed by atoms with Gasteiger partial charge in [0.2, 0.25) is 0 Å². The highest BCUT2D eigenvalue weighted by Crippen LogP contribution is 2.33. The number of amides is 1. The fourth-order valence-corrected chi connectivity index (χ4v) is 3.10. The summed E-state index contributed by atoms with van der Waals surface area (Å²) in [6.07, 6.45) is 3.60. The van der Waals surface area contributed by atoms with Crippen molar-refractivity contribution >= 4 is 33.0 Å². The van der Waals surface area contributed by atoms with Gasteiger partial charge in [-0.05, 0) is 6.07 Å². The first-order valence-corrected chi connectivity index (χ1v) is 6.99. The van der Waals surface area contributed by atoms with Gasteiger partial charge in [0.25, 0.3) is 5.91 Å². The number of fused-ring (bicyclic) bond motifs is 1. The number of rotatable bonds is 3. The summed E-state index contributed by atoms with van der Waals surface area (Å²) in [5.41, 5.74) is 7.56. The Morgan fingerprint density at radius 3 is 2.95 bits per heavy atom. The minimum absolute atomic E-state index is 0.146. The topological polar surface area (TPSA) is 72.9 Å². The molecule has 0 atom stereocenters. The van der Waals surface area contributed by atoms with Crippen molar-refractivity contribution in [3.05, 3.63) is 47.1 Å². The second-order valence-corrected chi connectivity index (χ2v) is 5.60. The van der Waals surface area contributed by atoms with Crippen LogP contribution in [0.3, 0.4) is 0 Å². The number of aromatic nitrogens is 2. The van der Waals surface area contributed by atoms with Crippen molar-refractivity contribution in [2.45, 2.75) is 6.54 Å². The van der Waals surface area contributed by atoms with E-state index in [9.17, 15) is 4.79 Å². The predicted molar refractivity (Wildman–Crippen MR) is 80.6 cm³/mol. The van der Waals surface area contributed by atoms with Crippen LogP contribution >= 0.6 is 11.3 Å². The summed E-state index contributed by atoms with van der Waals surface area (Å²) in [4.78, 5) is 12.8. The standard InChI is InChI=1S/C14H14N4OS/c1-18-8-9(7-17-18)6-16-14(19)13-12(15)10-4-2-3-5-11(10)20-13/h2-5,7-8H,6,15H2,1H3,(H,16,19). The van der Waals surface area contributed by atoms with Crippen LogP contribution in [0.25, 0.3) is 10.1 Å². The average molecular weight is 286 g/mol. The molecule has 0 saturated heterocycles. The van der Waals surface area contributed by atoms with E-state index in [-0.39, 0.29) is 5.91 Å². The van der Waals surface area contributed by atoms with Crippen LogP contribution in [0, 0.1) is 0 Å². The van der Waals surface area contributed by atoms with Gasteiger partial charge in [0, 0.05) is 35.4 Å². The van der Waals surface area contributed by atoms with Crippen molar-refractivity contribution in [3.8, 4) is 0 Å². The number of anilines is 1. The second-order valence-electron chi connectivity index (χ2n) is 4.55. The summed E-state index contributed by atoms with van der Waals surface area (Å²) in [6, 6.07) is 7.76. The highest BCUT2D eigenvalue weighted by molar-refractivity contribution is 7.21. The molecule has 0 aliphatic heterocycles. The van der Waals surface area contributed by atoms with Crippen LogP contribution in [0.4, 0.5) is 5.69 Å². The van der Waals surface area contributed by atoms with E-state index in [0.717, 1.165) is 15.6 Å². The zero-order valence-corrected chi connectivity index (χ0v) is 11.8. The van der Waals surface area contributed by atoms with Crippen molar-refractivity contribution in [1.29, 1.82) is 0 Å². The van der Waals surface area contributed by atoms with Crippen molar-refractivity contribution < 1.29 is 4.79 Å². The van der Waals surface area contributed by atoms with Crippen LogP contribution < -0.4 is 11.1 Å². The van der Waals surface area contributed by atoms with E-state index in [2.05, 4.69) is 10.4 Å². The first-order valence-electron chi connectivity index (χ1n) is 6.18. The van der Waals surface area contributed by atoms with Crippen LogP contribution in [0.5, 0.6) is 0 Å². The minimum Gasteiger partial charge on any atom is -0.397 e. The van der Waals surface area contributed by atoms with E-state index in [0.29, 0.717) is 17.1 Å². The number of nitrogen functional groups attached to an aromatic ring is 1. The Hall–Kier alpha value is -2.34. The molecule has 3 rings (SSSR count). The molecule has 0 spiro atoms. The van der Waals surface area contributed by atoms with Gasteiger partial charge in [0.05, 0.1) is 11.9 Å².